The number of aromatic nitrogens is 3. The lowest BCUT2D eigenvalue weighted by Gasteiger charge is -2.41. The highest BCUT2D eigenvalue weighted by atomic mass is 16.4. The van der Waals surface area contributed by atoms with Crippen molar-refractivity contribution in [3.05, 3.63) is 42.2 Å². The van der Waals surface area contributed by atoms with Crippen LogP contribution in [0, 0.1) is 0 Å². The lowest BCUT2D eigenvalue weighted by molar-refractivity contribution is -0.139. The number of benzene rings is 1. The van der Waals surface area contributed by atoms with E-state index in [9.17, 15) is 9.59 Å². The predicted octanol–water partition coefficient (Wildman–Crippen LogP) is 1.39. The van der Waals surface area contributed by atoms with Crippen molar-refractivity contribution < 1.29 is 14.7 Å². The zero-order valence-electron chi connectivity index (χ0n) is 11.9. The van der Waals surface area contributed by atoms with Gasteiger partial charge < -0.3 is 10.4 Å². The van der Waals surface area contributed by atoms with Crippen LogP contribution in [0.1, 0.15) is 36.2 Å². The smallest absolute Gasteiger partial charge is 0.305 e. The third-order valence-electron chi connectivity index (χ3n) is 3.89. The van der Waals surface area contributed by atoms with Crippen LogP contribution in [0.5, 0.6) is 0 Å². The fourth-order valence-electron chi connectivity index (χ4n) is 2.60. The highest BCUT2D eigenvalue weighted by Crippen LogP contribution is 2.35. The molecule has 0 radical (unpaired) electrons. The highest BCUT2D eigenvalue weighted by molar-refractivity contribution is 5.92. The molecule has 0 atom stereocenters. The number of carbonyl (C=O) groups excluding carboxylic acids is 1. The van der Waals surface area contributed by atoms with Gasteiger partial charge in [0.2, 0.25) is 0 Å². The molecule has 2 aromatic rings. The number of hydrogen-bond donors (Lipinski definition) is 2. The van der Waals surface area contributed by atoms with Crippen LogP contribution in [-0.4, -0.2) is 37.5 Å². The van der Waals surface area contributed by atoms with Gasteiger partial charge in [0.25, 0.3) is 5.91 Å². The summed E-state index contributed by atoms with van der Waals surface area (Å²) < 4.78 is 0. The number of amides is 1. The van der Waals surface area contributed by atoms with Crippen LogP contribution >= 0.6 is 0 Å². The van der Waals surface area contributed by atoms with Gasteiger partial charge in [-0.1, -0.05) is 18.2 Å². The predicted molar refractivity (Wildman–Crippen MR) is 77.7 cm³/mol. The van der Waals surface area contributed by atoms with Crippen molar-refractivity contribution in [3.8, 4) is 5.69 Å². The number of carboxylic acid groups (broad SMARTS) is 1. The summed E-state index contributed by atoms with van der Waals surface area (Å²) in [6.45, 7) is 0. The highest BCUT2D eigenvalue weighted by Gasteiger charge is 2.40. The van der Waals surface area contributed by atoms with Crippen molar-refractivity contribution in [3.63, 3.8) is 0 Å². The topological polar surface area (TPSA) is 97.1 Å². The second-order valence-electron chi connectivity index (χ2n) is 5.51. The van der Waals surface area contributed by atoms with Gasteiger partial charge >= 0.3 is 5.97 Å². The fourth-order valence-corrected chi connectivity index (χ4v) is 2.60. The molecular formula is C15H16N4O3. The van der Waals surface area contributed by atoms with Gasteiger partial charge in [0.05, 0.1) is 23.8 Å². The second-order valence-corrected chi connectivity index (χ2v) is 5.51. The number of hydrogen-bond acceptors (Lipinski definition) is 4. The number of para-hydroxylation sites is 1. The third-order valence-corrected chi connectivity index (χ3v) is 3.89. The summed E-state index contributed by atoms with van der Waals surface area (Å²) in [5, 5.41) is 20.0. The zero-order valence-corrected chi connectivity index (χ0v) is 11.9. The Kier molecular flexibility index (Phi) is 3.62. The van der Waals surface area contributed by atoms with Gasteiger partial charge in [-0.25, -0.2) is 0 Å². The normalized spacial score (nSPS) is 15.8. The summed E-state index contributed by atoms with van der Waals surface area (Å²) in [5.41, 5.74) is 0.297. The van der Waals surface area contributed by atoms with Gasteiger partial charge in [-0.15, -0.1) is 5.10 Å². The largest absolute Gasteiger partial charge is 0.481 e. The maximum atomic E-state index is 12.3. The average molecular weight is 300 g/mol. The molecule has 114 valence electrons. The summed E-state index contributed by atoms with van der Waals surface area (Å²) >= 11 is 0. The van der Waals surface area contributed by atoms with E-state index < -0.39 is 11.5 Å². The van der Waals surface area contributed by atoms with Crippen LogP contribution < -0.4 is 5.32 Å². The minimum absolute atomic E-state index is 0.0639. The maximum Gasteiger partial charge on any atom is 0.305 e. The van der Waals surface area contributed by atoms with Crippen molar-refractivity contribution in [1.82, 2.24) is 20.3 Å². The average Bonchev–Trinajstić information content (AvgIpc) is 2.95. The molecular weight excluding hydrogens is 284 g/mol. The van der Waals surface area contributed by atoms with E-state index in [-0.39, 0.29) is 18.0 Å². The summed E-state index contributed by atoms with van der Waals surface area (Å²) in [6, 6.07) is 9.26. The fraction of sp³-hybridized carbons (Fsp3) is 0.333. The molecule has 0 spiro atoms. The minimum atomic E-state index is -0.909. The van der Waals surface area contributed by atoms with Gasteiger partial charge in [0, 0.05) is 0 Å². The lowest BCUT2D eigenvalue weighted by Crippen LogP contribution is -2.54. The summed E-state index contributed by atoms with van der Waals surface area (Å²) in [7, 11) is 0. The summed E-state index contributed by atoms with van der Waals surface area (Å²) in [5.74, 6) is -1.30. The number of nitrogens with zero attached hydrogens (tertiary/aromatic N) is 3. The Balaban J connectivity index is 1.73. The molecule has 0 bridgehead atoms. The molecule has 22 heavy (non-hydrogen) atoms. The van der Waals surface area contributed by atoms with Crippen LogP contribution in [0.15, 0.2) is 36.5 Å². The van der Waals surface area contributed by atoms with Gasteiger partial charge in [-0.05, 0) is 31.4 Å². The second kappa shape index (κ2) is 5.59. The van der Waals surface area contributed by atoms with E-state index in [4.69, 9.17) is 5.11 Å². The van der Waals surface area contributed by atoms with Crippen molar-refractivity contribution in [2.24, 2.45) is 0 Å². The van der Waals surface area contributed by atoms with E-state index in [0.717, 1.165) is 12.1 Å². The van der Waals surface area contributed by atoms with Crippen LogP contribution in [0.25, 0.3) is 5.69 Å². The maximum absolute atomic E-state index is 12.3. The molecule has 0 saturated heterocycles. The molecule has 2 N–H and O–H groups in total. The Labute approximate surface area is 126 Å². The number of carboxylic acids is 1. The molecule has 3 rings (SSSR count). The first kappa shape index (κ1) is 14.2. The van der Waals surface area contributed by atoms with Crippen LogP contribution in [0.2, 0.25) is 0 Å². The van der Waals surface area contributed by atoms with Crippen LogP contribution in [0.3, 0.4) is 0 Å². The minimum Gasteiger partial charge on any atom is -0.481 e. The Bertz CT molecular complexity index is 692. The first-order chi connectivity index (χ1) is 10.6. The molecule has 1 fully saturated rings. The number of aliphatic carboxylic acids is 1. The molecule has 7 heteroatoms. The van der Waals surface area contributed by atoms with Gasteiger partial charge in [0.15, 0.2) is 5.69 Å². The molecule has 1 saturated carbocycles. The van der Waals surface area contributed by atoms with E-state index in [1.807, 2.05) is 30.3 Å². The first-order valence-corrected chi connectivity index (χ1v) is 7.10. The van der Waals surface area contributed by atoms with E-state index in [2.05, 4.69) is 15.5 Å². The molecule has 1 aliphatic carbocycles. The molecule has 1 aromatic carbocycles. The summed E-state index contributed by atoms with van der Waals surface area (Å²) in [6.07, 6.45) is 3.60. The zero-order chi connectivity index (χ0) is 15.6. The molecule has 1 aromatic heterocycles. The summed E-state index contributed by atoms with van der Waals surface area (Å²) in [4.78, 5) is 24.6. The first-order valence-electron chi connectivity index (χ1n) is 7.10. The Hall–Kier alpha value is -2.70. The van der Waals surface area contributed by atoms with Gasteiger partial charge in [-0.3, -0.25) is 9.59 Å². The van der Waals surface area contributed by atoms with Crippen LogP contribution in [0.4, 0.5) is 0 Å². The monoisotopic (exact) mass is 300 g/mol. The molecule has 7 nitrogen and oxygen atoms in total. The standard InChI is InChI=1S/C15H16N4O3/c20-13(21)9-15(7-4-8-15)17-14(22)12-10-16-19(18-12)11-5-2-1-3-6-11/h1-3,5-6,10H,4,7-9H2,(H,17,22)(H,20,21). The molecule has 1 heterocycles. The number of rotatable bonds is 5. The van der Waals surface area contributed by atoms with Gasteiger partial charge in [0.1, 0.15) is 0 Å². The number of carbonyl (C=O) groups is 2. The Morgan fingerprint density at radius 2 is 2.00 bits per heavy atom. The molecule has 1 amide bonds. The van der Waals surface area contributed by atoms with E-state index in [1.54, 1.807) is 0 Å². The van der Waals surface area contributed by atoms with E-state index in [1.165, 1.54) is 11.0 Å². The van der Waals surface area contributed by atoms with Crippen molar-refractivity contribution >= 4 is 11.9 Å². The van der Waals surface area contributed by atoms with E-state index in [0.29, 0.717) is 12.8 Å². The van der Waals surface area contributed by atoms with Crippen molar-refractivity contribution in [1.29, 1.82) is 0 Å². The molecule has 1 aliphatic rings. The lowest BCUT2D eigenvalue weighted by atomic mass is 9.74. The quantitative estimate of drug-likeness (QED) is 0.869. The Morgan fingerprint density at radius 3 is 2.59 bits per heavy atom. The number of nitrogens with one attached hydrogen (secondary N) is 1. The van der Waals surface area contributed by atoms with Gasteiger partial charge in [-0.2, -0.15) is 9.90 Å². The van der Waals surface area contributed by atoms with Crippen molar-refractivity contribution in [2.45, 2.75) is 31.2 Å². The molecule has 0 aliphatic heterocycles. The van der Waals surface area contributed by atoms with Crippen LogP contribution in [-0.2, 0) is 4.79 Å². The van der Waals surface area contributed by atoms with Crippen molar-refractivity contribution in [2.75, 3.05) is 0 Å². The van der Waals surface area contributed by atoms with E-state index >= 15 is 0 Å². The Morgan fingerprint density at radius 1 is 1.27 bits per heavy atom. The molecule has 0 unspecified atom stereocenters. The SMILES string of the molecule is O=C(O)CC1(NC(=O)c2cnn(-c3ccccc3)n2)CCC1. The third kappa shape index (κ3) is 2.83.